The molecule has 0 spiro atoms. The Morgan fingerprint density at radius 1 is 1.35 bits per heavy atom. The Balaban J connectivity index is 2.20. The van der Waals surface area contributed by atoms with Gasteiger partial charge < -0.3 is 5.32 Å². The lowest BCUT2D eigenvalue weighted by Gasteiger charge is -2.15. The van der Waals surface area contributed by atoms with E-state index in [4.69, 9.17) is 0 Å². The molecule has 0 saturated carbocycles. The van der Waals surface area contributed by atoms with Gasteiger partial charge in [0.1, 0.15) is 0 Å². The van der Waals surface area contributed by atoms with Gasteiger partial charge in [0.15, 0.2) is 0 Å². The molecule has 1 heterocycles. The van der Waals surface area contributed by atoms with Crippen LogP contribution in [0.1, 0.15) is 22.7 Å². The van der Waals surface area contributed by atoms with E-state index < -0.39 is 11.7 Å². The Labute approximate surface area is 115 Å². The average Bonchev–Trinajstić information content (AvgIpc) is 2.82. The topological polar surface area (TPSA) is 29.9 Å². The summed E-state index contributed by atoms with van der Waals surface area (Å²) in [4.78, 5) is 0. The molecule has 0 radical (unpaired) electrons. The van der Waals surface area contributed by atoms with Crippen molar-refractivity contribution in [3.63, 3.8) is 0 Å². The maximum Gasteiger partial charge on any atom is 0.416 e. The normalized spacial score (nSPS) is 13.4. The number of alkyl halides is 3. The number of nitrogens with zero attached hydrogens (tertiary/aromatic N) is 2. The fraction of sp³-hybridized carbons (Fsp3) is 0.357. The summed E-state index contributed by atoms with van der Waals surface area (Å²) in [7, 11) is 3.59. The number of aromatic nitrogens is 2. The van der Waals surface area contributed by atoms with E-state index in [9.17, 15) is 13.2 Å². The van der Waals surface area contributed by atoms with Crippen molar-refractivity contribution >= 4 is 0 Å². The molecule has 0 fully saturated rings. The zero-order valence-electron chi connectivity index (χ0n) is 11.3. The van der Waals surface area contributed by atoms with E-state index in [-0.39, 0.29) is 6.04 Å². The van der Waals surface area contributed by atoms with Crippen molar-refractivity contribution in [3.8, 4) is 0 Å². The van der Waals surface area contributed by atoms with Gasteiger partial charge in [0, 0.05) is 24.8 Å². The largest absolute Gasteiger partial charge is 0.416 e. The summed E-state index contributed by atoms with van der Waals surface area (Å²) in [5.74, 6) is 0. The number of rotatable bonds is 4. The third-order valence-corrected chi connectivity index (χ3v) is 3.17. The molecule has 0 aliphatic heterocycles. The van der Waals surface area contributed by atoms with E-state index in [2.05, 4.69) is 10.4 Å². The molecule has 6 heteroatoms. The molecule has 1 N–H and O–H groups in total. The highest BCUT2D eigenvalue weighted by Crippen LogP contribution is 2.30. The Morgan fingerprint density at radius 2 is 2.10 bits per heavy atom. The maximum absolute atomic E-state index is 12.7. The van der Waals surface area contributed by atoms with Gasteiger partial charge in [-0.15, -0.1) is 0 Å². The highest BCUT2D eigenvalue weighted by Gasteiger charge is 2.30. The molecule has 108 valence electrons. The van der Waals surface area contributed by atoms with Crippen LogP contribution in [-0.2, 0) is 19.6 Å². The minimum atomic E-state index is -4.31. The van der Waals surface area contributed by atoms with E-state index in [0.717, 1.165) is 11.6 Å². The van der Waals surface area contributed by atoms with Crippen molar-refractivity contribution in [3.05, 3.63) is 53.3 Å². The lowest BCUT2D eigenvalue weighted by Crippen LogP contribution is -2.18. The molecule has 0 amide bonds. The maximum atomic E-state index is 12.7. The molecule has 0 bridgehead atoms. The van der Waals surface area contributed by atoms with Gasteiger partial charge in [-0.1, -0.05) is 18.2 Å². The van der Waals surface area contributed by atoms with Crippen LogP contribution < -0.4 is 5.32 Å². The third-order valence-electron chi connectivity index (χ3n) is 3.17. The second kappa shape index (κ2) is 5.66. The molecule has 2 rings (SSSR count). The summed E-state index contributed by atoms with van der Waals surface area (Å²) in [6.07, 6.45) is -0.255. The van der Waals surface area contributed by atoms with Gasteiger partial charge in [0.2, 0.25) is 0 Å². The van der Waals surface area contributed by atoms with E-state index in [1.54, 1.807) is 31.0 Å². The SMILES string of the molecule is CNC(Cc1cccc(C(F)(F)F)c1)c1cnn(C)c1. The summed E-state index contributed by atoms with van der Waals surface area (Å²) < 4.78 is 39.7. The van der Waals surface area contributed by atoms with Gasteiger partial charge in [-0.05, 0) is 25.1 Å². The Hall–Kier alpha value is -1.82. The molecular weight excluding hydrogens is 267 g/mol. The van der Waals surface area contributed by atoms with Crippen molar-refractivity contribution in [1.82, 2.24) is 15.1 Å². The van der Waals surface area contributed by atoms with Gasteiger partial charge in [-0.25, -0.2) is 0 Å². The van der Waals surface area contributed by atoms with Gasteiger partial charge in [-0.2, -0.15) is 18.3 Å². The van der Waals surface area contributed by atoms with Gasteiger partial charge in [0.25, 0.3) is 0 Å². The first-order chi connectivity index (χ1) is 9.40. The van der Waals surface area contributed by atoms with E-state index in [0.29, 0.717) is 12.0 Å². The standard InChI is InChI=1S/C14H16F3N3/c1-18-13(11-8-19-20(2)9-11)7-10-4-3-5-12(6-10)14(15,16)17/h3-6,8-9,13,18H,7H2,1-2H3. The minimum Gasteiger partial charge on any atom is -0.313 e. The summed E-state index contributed by atoms with van der Waals surface area (Å²) in [5.41, 5.74) is 0.978. The monoisotopic (exact) mass is 283 g/mol. The van der Waals surface area contributed by atoms with Crippen LogP contribution in [0.25, 0.3) is 0 Å². The number of benzene rings is 1. The second-order valence-electron chi connectivity index (χ2n) is 4.69. The molecule has 3 nitrogen and oxygen atoms in total. The first-order valence-electron chi connectivity index (χ1n) is 6.22. The van der Waals surface area contributed by atoms with Crippen LogP contribution in [0.5, 0.6) is 0 Å². The lowest BCUT2D eigenvalue weighted by molar-refractivity contribution is -0.137. The van der Waals surface area contributed by atoms with Gasteiger partial charge in [0.05, 0.1) is 11.8 Å². The van der Waals surface area contributed by atoms with Gasteiger partial charge in [-0.3, -0.25) is 4.68 Å². The number of aryl methyl sites for hydroxylation is 1. The Morgan fingerprint density at radius 3 is 2.65 bits per heavy atom. The number of likely N-dealkylation sites (N-methyl/N-ethyl adjacent to an activating group) is 1. The molecule has 2 aromatic rings. The molecule has 0 aliphatic carbocycles. The zero-order valence-corrected chi connectivity index (χ0v) is 11.3. The summed E-state index contributed by atoms with van der Waals surface area (Å²) >= 11 is 0. The lowest BCUT2D eigenvalue weighted by atomic mass is 10.00. The predicted octanol–water partition coefficient (Wildman–Crippen LogP) is 2.94. The van der Waals surface area contributed by atoms with Crippen LogP contribution in [0.2, 0.25) is 0 Å². The molecule has 20 heavy (non-hydrogen) atoms. The van der Waals surface area contributed by atoms with Crippen LogP contribution in [0.4, 0.5) is 13.2 Å². The molecule has 1 unspecified atom stereocenters. The van der Waals surface area contributed by atoms with Crippen molar-refractivity contribution < 1.29 is 13.2 Å². The van der Waals surface area contributed by atoms with Crippen LogP contribution in [0.3, 0.4) is 0 Å². The van der Waals surface area contributed by atoms with Crippen molar-refractivity contribution in [1.29, 1.82) is 0 Å². The molecule has 0 aliphatic rings. The fourth-order valence-corrected chi connectivity index (χ4v) is 2.12. The zero-order chi connectivity index (χ0) is 14.8. The van der Waals surface area contributed by atoms with Crippen molar-refractivity contribution in [2.75, 3.05) is 7.05 Å². The number of nitrogens with one attached hydrogen (secondary N) is 1. The van der Waals surface area contributed by atoms with E-state index in [1.165, 1.54) is 12.1 Å². The quantitative estimate of drug-likeness (QED) is 0.935. The third kappa shape index (κ3) is 3.39. The van der Waals surface area contributed by atoms with Crippen LogP contribution >= 0.6 is 0 Å². The first kappa shape index (κ1) is 14.6. The Bertz CT molecular complexity index is 575. The smallest absolute Gasteiger partial charge is 0.313 e. The molecule has 1 aromatic heterocycles. The highest BCUT2D eigenvalue weighted by atomic mass is 19.4. The van der Waals surface area contributed by atoms with Crippen molar-refractivity contribution in [2.24, 2.45) is 7.05 Å². The Kier molecular flexibility index (Phi) is 4.13. The van der Waals surface area contributed by atoms with Crippen LogP contribution in [0, 0.1) is 0 Å². The molecule has 1 atom stereocenters. The molecule has 0 saturated heterocycles. The van der Waals surface area contributed by atoms with Crippen molar-refractivity contribution in [2.45, 2.75) is 18.6 Å². The van der Waals surface area contributed by atoms with Gasteiger partial charge >= 0.3 is 6.18 Å². The predicted molar refractivity (Wildman–Crippen MR) is 70.2 cm³/mol. The summed E-state index contributed by atoms with van der Waals surface area (Å²) in [5, 5.41) is 7.18. The second-order valence-corrected chi connectivity index (χ2v) is 4.69. The first-order valence-corrected chi connectivity index (χ1v) is 6.22. The van der Waals surface area contributed by atoms with Crippen LogP contribution in [-0.4, -0.2) is 16.8 Å². The molecular formula is C14H16F3N3. The average molecular weight is 283 g/mol. The highest BCUT2D eigenvalue weighted by molar-refractivity contribution is 5.27. The molecule has 1 aromatic carbocycles. The number of hydrogen-bond donors (Lipinski definition) is 1. The van der Waals surface area contributed by atoms with E-state index in [1.807, 2.05) is 6.20 Å². The number of halogens is 3. The fourth-order valence-electron chi connectivity index (χ4n) is 2.12. The summed E-state index contributed by atoms with van der Waals surface area (Å²) in [6, 6.07) is 5.36. The number of hydrogen-bond acceptors (Lipinski definition) is 2. The summed E-state index contributed by atoms with van der Waals surface area (Å²) in [6.45, 7) is 0. The van der Waals surface area contributed by atoms with Crippen LogP contribution in [0.15, 0.2) is 36.7 Å². The van der Waals surface area contributed by atoms with E-state index >= 15 is 0 Å². The minimum absolute atomic E-state index is 0.0628.